The second-order valence-corrected chi connectivity index (χ2v) is 19.4. The number of hydrogen-bond acceptors (Lipinski definition) is 4. The molecule has 3 nitrogen and oxygen atoms in total. The molecule has 272 valence electrons. The van der Waals surface area contributed by atoms with Crippen molar-refractivity contribution in [1.29, 1.82) is 0 Å². The first-order valence-corrected chi connectivity index (χ1v) is 21.7. The monoisotopic (exact) mass is 776 g/mol. The lowest BCUT2D eigenvalue weighted by molar-refractivity contribution is 0.590. The number of hydrogen-bond donors (Lipinski definition) is 0. The molecule has 0 radical (unpaired) electrons. The minimum atomic E-state index is -0.0784. The lowest BCUT2D eigenvalue weighted by Crippen LogP contribution is -2.60. The first-order chi connectivity index (χ1) is 28.4. The van der Waals surface area contributed by atoms with Gasteiger partial charge in [-0.25, -0.2) is 0 Å². The summed E-state index contributed by atoms with van der Waals surface area (Å²) in [5.74, 6) is 0. The summed E-state index contributed by atoms with van der Waals surface area (Å²) in [6.07, 6.45) is 0. The highest BCUT2D eigenvalue weighted by atomic mass is 32.1. The molecule has 0 unspecified atom stereocenters. The lowest BCUT2D eigenvalue weighted by Gasteiger charge is -2.42. The first-order valence-electron chi connectivity index (χ1n) is 20.1. The normalized spacial score (nSPS) is 13.7. The molecule has 0 amide bonds. The molecule has 0 N–H and O–H groups in total. The molecule has 0 atom stereocenters. The van der Waals surface area contributed by atoms with Crippen molar-refractivity contribution in [2.75, 3.05) is 4.81 Å². The summed E-state index contributed by atoms with van der Waals surface area (Å²) in [6.45, 7) is 6.82. The van der Waals surface area contributed by atoms with E-state index in [1.807, 2.05) is 22.7 Å². The van der Waals surface area contributed by atoms with Gasteiger partial charge in [-0.3, -0.25) is 0 Å². The second-order valence-electron chi connectivity index (χ2n) is 17.3. The molecule has 4 aromatic heterocycles. The van der Waals surface area contributed by atoms with Crippen molar-refractivity contribution in [2.45, 2.75) is 26.2 Å². The van der Waals surface area contributed by atoms with Crippen LogP contribution in [-0.4, -0.2) is 11.4 Å². The van der Waals surface area contributed by atoms with Crippen LogP contribution in [0.15, 0.2) is 150 Å². The molecule has 2 aliphatic heterocycles. The van der Waals surface area contributed by atoms with Gasteiger partial charge in [-0.1, -0.05) is 106 Å². The Labute approximate surface area is 342 Å². The number of rotatable bonds is 1. The number of thiophene rings is 2. The van der Waals surface area contributed by atoms with Gasteiger partial charge in [0, 0.05) is 90.6 Å². The SMILES string of the molecule is CC(C)(C)c1ccc(N2B3c4cc5c(cc4-n4c6cc7sc8ccccc8c7cc6c6ccc(c3c64)-c3cc4c(cc32)sc2ccccc24)oc2ccccc25)cc1. The molecule has 0 fully saturated rings. The molecule has 2 aliphatic rings. The molecule has 6 heteroatoms. The van der Waals surface area contributed by atoms with Gasteiger partial charge in [0.05, 0.1) is 11.0 Å². The van der Waals surface area contributed by atoms with Gasteiger partial charge in [0.1, 0.15) is 11.2 Å². The summed E-state index contributed by atoms with van der Waals surface area (Å²) in [5.41, 5.74) is 14.6. The maximum absolute atomic E-state index is 6.67. The summed E-state index contributed by atoms with van der Waals surface area (Å²) in [6, 6.07) is 55.1. The zero-order valence-corrected chi connectivity index (χ0v) is 33.7. The molecule has 58 heavy (non-hydrogen) atoms. The fourth-order valence-corrected chi connectivity index (χ4v) is 12.7. The Morgan fingerprint density at radius 2 is 1.19 bits per heavy atom. The van der Waals surface area contributed by atoms with Crippen LogP contribution in [0.25, 0.3) is 101 Å². The molecule has 0 aliphatic carbocycles. The van der Waals surface area contributed by atoms with Crippen molar-refractivity contribution < 1.29 is 4.42 Å². The predicted octanol–water partition coefficient (Wildman–Crippen LogP) is 14.0. The molecule has 14 rings (SSSR count). The smallest absolute Gasteiger partial charge is 0.333 e. The van der Waals surface area contributed by atoms with Crippen molar-refractivity contribution in [1.82, 2.24) is 4.57 Å². The molecule has 0 saturated heterocycles. The van der Waals surface area contributed by atoms with Gasteiger partial charge >= 0.3 is 6.85 Å². The van der Waals surface area contributed by atoms with E-state index in [4.69, 9.17) is 4.42 Å². The summed E-state index contributed by atoms with van der Waals surface area (Å²) in [4.78, 5) is 2.66. The fourth-order valence-electron chi connectivity index (χ4n) is 10.4. The highest BCUT2D eigenvalue weighted by molar-refractivity contribution is 7.26. The van der Waals surface area contributed by atoms with E-state index in [1.54, 1.807) is 0 Å². The number of nitrogens with zero attached hydrogens (tertiary/aromatic N) is 2. The molecule has 0 saturated carbocycles. The van der Waals surface area contributed by atoms with Crippen LogP contribution >= 0.6 is 22.7 Å². The minimum absolute atomic E-state index is 0.0474. The van der Waals surface area contributed by atoms with Gasteiger partial charge in [-0.2, -0.15) is 0 Å². The van der Waals surface area contributed by atoms with Crippen molar-refractivity contribution in [3.63, 3.8) is 0 Å². The van der Waals surface area contributed by atoms with Gasteiger partial charge < -0.3 is 13.8 Å². The lowest BCUT2D eigenvalue weighted by atomic mass is 9.44. The third-order valence-electron chi connectivity index (χ3n) is 13.1. The van der Waals surface area contributed by atoms with Crippen molar-refractivity contribution in [3.8, 4) is 16.8 Å². The second kappa shape index (κ2) is 10.8. The number of benzene rings is 8. The Kier molecular flexibility index (Phi) is 5.90. The number of para-hydroxylation sites is 1. The van der Waals surface area contributed by atoms with Crippen molar-refractivity contribution in [3.05, 3.63) is 151 Å². The quantitative estimate of drug-likeness (QED) is 0.155. The van der Waals surface area contributed by atoms with E-state index in [-0.39, 0.29) is 12.3 Å². The van der Waals surface area contributed by atoms with Gasteiger partial charge in [0.25, 0.3) is 0 Å². The molecule has 12 aromatic rings. The third kappa shape index (κ3) is 3.99. The topological polar surface area (TPSA) is 21.3 Å². The van der Waals surface area contributed by atoms with Gasteiger partial charge in [0.15, 0.2) is 0 Å². The standard InChI is InChI=1S/C52H33BN2OS2/c1-52(2,3)28-16-18-29(19-17-28)55-42-27-49-38(31-11-5-9-15-47(31)58-49)22-35(42)33-20-21-34-36-23-39-32-12-6-8-14-46(32)57-48(39)26-41(36)54-43-25-45-37(30-10-4-7-13-44(30)56-45)24-40(43)53(55)50(33)51(34)54/h4-27H,1-3H3. The minimum Gasteiger partial charge on any atom is -0.456 e. The van der Waals surface area contributed by atoms with Crippen LogP contribution in [0.2, 0.25) is 0 Å². The Bertz CT molecular complexity index is 3800. The van der Waals surface area contributed by atoms with E-state index < -0.39 is 0 Å². The van der Waals surface area contributed by atoms with Crippen LogP contribution < -0.4 is 15.7 Å². The summed E-state index contributed by atoms with van der Waals surface area (Å²) in [7, 11) is 0. The Morgan fingerprint density at radius 3 is 1.95 bits per heavy atom. The Balaban J connectivity index is 1.17. The van der Waals surface area contributed by atoms with Gasteiger partial charge in [-0.15, -0.1) is 22.7 Å². The van der Waals surface area contributed by atoms with Crippen LogP contribution in [0.5, 0.6) is 0 Å². The molecule has 6 heterocycles. The van der Waals surface area contributed by atoms with Crippen LogP contribution in [-0.2, 0) is 5.41 Å². The maximum Gasteiger partial charge on any atom is 0.333 e. The highest BCUT2D eigenvalue weighted by Crippen LogP contribution is 2.50. The highest BCUT2D eigenvalue weighted by Gasteiger charge is 2.44. The van der Waals surface area contributed by atoms with Crippen molar-refractivity contribution >= 4 is 136 Å². The van der Waals surface area contributed by atoms with E-state index in [1.165, 1.54) is 107 Å². The molecule has 0 spiro atoms. The predicted molar refractivity (Wildman–Crippen MR) is 252 cm³/mol. The molecular formula is C52H33BN2OS2. The van der Waals surface area contributed by atoms with E-state index in [2.05, 4.69) is 176 Å². The molecule has 8 aromatic carbocycles. The van der Waals surface area contributed by atoms with Crippen LogP contribution in [0, 0.1) is 0 Å². The number of furan rings is 1. The van der Waals surface area contributed by atoms with E-state index in [9.17, 15) is 0 Å². The van der Waals surface area contributed by atoms with E-state index in [0.29, 0.717) is 0 Å². The number of aromatic nitrogens is 1. The summed E-state index contributed by atoms with van der Waals surface area (Å²) < 4.78 is 14.5. The van der Waals surface area contributed by atoms with Gasteiger partial charge in [-0.05, 0) is 82.1 Å². The Hall–Kier alpha value is -6.34. The van der Waals surface area contributed by atoms with E-state index >= 15 is 0 Å². The van der Waals surface area contributed by atoms with Gasteiger partial charge in [0.2, 0.25) is 0 Å². The average Bonchev–Trinajstić information content (AvgIpc) is 3.99. The van der Waals surface area contributed by atoms with Crippen LogP contribution in [0.3, 0.4) is 0 Å². The largest absolute Gasteiger partial charge is 0.456 e. The zero-order chi connectivity index (χ0) is 38.2. The fraction of sp³-hybridized carbons (Fsp3) is 0.0769. The maximum atomic E-state index is 6.67. The summed E-state index contributed by atoms with van der Waals surface area (Å²) in [5, 5.41) is 10.2. The number of fused-ring (bicyclic) bond motifs is 17. The van der Waals surface area contributed by atoms with Crippen LogP contribution in [0.1, 0.15) is 26.3 Å². The summed E-state index contributed by atoms with van der Waals surface area (Å²) >= 11 is 3.78. The van der Waals surface area contributed by atoms with Crippen LogP contribution in [0.4, 0.5) is 11.4 Å². The first kappa shape index (κ1) is 31.7. The van der Waals surface area contributed by atoms with Crippen molar-refractivity contribution in [2.24, 2.45) is 0 Å². The van der Waals surface area contributed by atoms with E-state index in [0.717, 1.165) is 21.9 Å². The zero-order valence-electron chi connectivity index (χ0n) is 32.1. The third-order valence-corrected chi connectivity index (χ3v) is 15.4. The Morgan fingerprint density at radius 1 is 0.500 bits per heavy atom. The molecule has 0 bridgehead atoms. The average molecular weight is 777 g/mol. The molecular weight excluding hydrogens is 744 g/mol. The number of anilines is 2.